The SMILES string of the molecule is CC1COC2(CCN(C(=O)OC(C)(C)C)CC2)C1C. The summed E-state index contributed by atoms with van der Waals surface area (Å²) in [7, 11) is 0. The van der Waals surface area contributed by atoms with Crippen molar-refractivity contribution in [2.24, 2.45) is 11.8 Å². The van der Waals surface area contributed by atoms with Crippen LogP contribution in [0.25, 0.3) is 0 Å². The van der Waals surface area contributed by atoms with Crippen LogP contribution in [0.3, 0.4) is 0 Å². The standard InChI is InChI=1S/C15H27NO3/c1-11-10-18-15(12(11)2)6-8-16(9-7-15)13(17)19-14(3,4)5/h11-12H,6-10H2,1-5H3. The summed E-state index contributed by atoms with van der Waals surface area (Å²) in [4.78, 5) is 13.8. The topological polar surface area (TPSA) is 38.8 Å². The van der Waals surface area contributed by atoms with Crippen molar-refractivity contribution in [3.05, 3.63) is 0 Å². The molecule has 0 N–H and O–H groups in total. The van der Waals surface area contributed by atoms with E-state index in [-0.39, 0.29) is 11.7 Å². The lowest BCUT2D eigenvalue weighted by atomic mass is 9.77. The highest BCUT2D eigenvalue weighted by Crippen LogP contribution is 2.43. The normalized spacial score (nSPS) is 30.7. The Morgan fingerprint density at radius 1 is 1.26 bits per heavy atom. The molecule has 1 spiro atoms. The maximum absolute atomic E-state index is 12.0. The first-order chi connectivity index (χ1) is 8.73. The molecule has 2 fully saturated rings. The highest BCUT2D eigenvalue weighted by molar-refractivity contribution is 5.68. The van der Waals surface area contributed by atoms with Gasteiger partial charge >= 0.3 is 6.09 Å². The van der Waals surface area contributed by atoms with E-state index >= 15 is 0 Å². The summed E-state index contributed by atoms with van der Waals surface area (Å²) in [6, 6.07) is 0. The van der Waals surface area contributed by atoms with Gasteiger partial charge in [-0.25, -0.2) is 4.79 Å². The summed E-state index contributed by atoms with van der Waals surface area (Å²) in [5, 5.41) is 0. The number of amides is 1. The molecular weight excluding hydrogens is 242 g/mol. The van der Waals surface area contributed by atoms with Crippen molar-refractivity contribution in [3.8, 4) is 0 Å². The molecule has 2 unspecified atom stereocenters. The zero-order chi connectivity index (χ0) is 14.3. The van der Waals surface area contributed by atoms with Crippen molar-refractivity contribution < 1.29 is 14.3 Å². The zero-order valence-corrected chi connectivity index (χ0v) is 12.9. The fourth-order valence-corrected chi connectivity index (χ4v) is 3.09. The zero-order valence-electron chi connectivity index (χ0n) is 12.9. The van der Waals surface area contributed by atoms with Gasteiger partial charge in [0.1, 0.15) is 5.60 Å². The van der Waals surface area contributed by atoms with Crippen molar-refractivity contribution in [1.82, 2.24) is 4.90 Å². The molecule has 1 amide bonds. The number of likely N-dealkylation sites (tertiary alicyclic amines) is 1. The molecule has 19 heavy (non-hydrogen) atoms. The van der Waals surface area contributed by atoms with Crippen LogP contribution in [0.5, 0.6) is 0 Å². The number of carbonyl (C=O) groups is 1. The predicted molar refractivity (Wildman–Crippen MR) is 74.1 cm³/mol. The first-order valence-corrected chi connectivity index (χ1v) is 7.35. The minimum atomic E-state index is -0.419. The number of carbonyl (C=O) groups excluding carboxylic acids is 1. The Kier molecular flexibility index (Phi) is 3.83. The minimum absolute atomic E-state index is 0.00205. The fraction of sp³-hybridized carbons (Fsp3) is 0.933. The molecule has 0 aromatic heterocycles. The first kappa shape index (κ1) is 14.6. The van der Waals surface area contributed by atoms with E-state index in [2.05, 4.69) is 13.8 Å². The van der Waals surface area contributed by atoms with E-state index in [0.717, 1.165) is 32.5 Å². The minimum Gasteiger partial charge on any atom is -0.444 e. The van der Waals surface area contributed by atoms with Crippen LogP contribution in [0, 0.1) is 11.8 Å². The van der Waals surface area contributed by atoms with E-state index in [4.69, 9.17) is 9.47 Å². The van der Waals surface area contributed by atoms with Gasteiger partial charge in [0, 0.05) is 13.1 Å². The Morgan fingerprint density at radius 2 is 1.84 bits per heavy atom. The summed E-state index contributed by atoms with van der Waals surface area (Å²) < 4.78 is 11.5. The van der Waals surface area contributed by atoms with Gasteiger partial charge in [-0.15, -0.1) is 0 Å². The second-order valence-electron chi connectivity index (χ2n) is 7.11. The average molecular weight is 269 g/mol. The van der Waals surface area contributed by atoms with Gasteiger partial charge in [0.15, 0.2) is 0 Å². The van der Waals surface area contributed by atoms with E-state index in [0.29, 0.717) is 11.8 Å². The number of rotatable bonds is 0. The van der Waals surface area contributed by atoms with Crippen LogP contribution in [0.4, 0.5) is 4.79 Å². The summed E-state index contributed by atoms with van der Waals surface area (Å²) >= 11 is 0. The van der Waals surface area contributed by atoms with E-state index < -0.39 is 5.60 Å². The molecule has 2 saturated heterocycles. The maximum Gasteiger partial charge on any atom is 0.410 e. The van der Waals surface area contributed by atoms with Gasteiger partial charge in [0.25, 0.3) is 0 Å². The van der Waals surface area contributed by atoms with Gasteiger partial charge in [-0.1, -0.05) is 13.8 Å². The molecule has 0 aromatic rings. The number of nitrogens with zero attached hydrogens (tertiary/aromatic N) is 1. The second kappa shape index (κ2) is 4.97. The van der Waals surface area contributed by atoms with Gasteiger partial charge in [0.05, 0.1) is 12.2 Å². The number of piperidine rings is 1. The summed E-state index contributed by atoms with van der Waals surface area (Å²) in [5.41, 5.74) is -0.421. The molecule has 0 saturated carbocycles. The largest absolute Gasteiger partial charge is 0.444 e. The van der Waals surface area contributed by atoms with Crippen LogP contribution in [0.2, 0.25) is 0 Å². The molecule has 2 atom stereocenters. The van der Waals surface area contributed by atoms with Crippen LogP contribution in [-0.4, -0.2) is 41.9 Å². The molecule has 2 aliphatic heterocycles. The third-order valence-corrected chi connectivity index (χ3v) is 4.58. The molecular formula is C15H27NO3. The molecule has 4 nitrogen and oxygen atoms in total. The average Bonchev–Trinajstić information content (AvgIpc) is 2.57. The fourth-order valence-electron chi connectivity index (χ4n) is 3.09. The highest BCUT2D eigenvalue weighted by Gasteiger charge is 2.47. The van der Waals surface area contributed by atoms with Gasteiger partial charge in [0.2, 0.25) is 0 Å². The van der Waals surface area contributed by atoms with Crippen LogP contribution in [-0.2, 0) is 9.47 Å². The maximum atomic E-state index is 12.0. The Bertz CT molecular complexity index is 340. The van der Waals surface area contributed by atoms with E-state index in [1.165, 1.54) is 0 Å². The molecule has 2 aliphatic rings. The van der Waals surface area contributed by atoms with Gasteiger partial charge in [-0.3, -0.25) is 0 Å². The Morgan fingerprint density at radius 3 is 2.26 bits per heavy atom. The summed E-state index contributed by atoms with van der Waals surface area (Å²) in [6.45, 7) is 12.6. The first-order valence-electron chi connectivity index (χ1n) is 7.35. The Hall–Kier alpha value is -0.770. The molecule has 0 bridgehead atoms. The van der Waals surface area contributed by atoms with E-state index in [1.807, 2.05) is 25.7 Å². The summed E-state index contributed by atoms with van der Waals surface area (Å²) in [6.07, 6.45) is 1.66. The van der Waals surface area contributed by atoms with Crippen LogP contribution in [0.15, 0.2) is 0 Å². The smallest absolute Gasteiger partial charge is 0.410 e. The number of hydrogen-bond acceptors (Lipinski definition) is 3. The monoisotopic (exact) mass is 269 g/mol. The lowest BCUT2D eigenvalue weighted by molar-refractivity contribution is -0.0656. The van der Waals surface area contributed by atoms with Crippen molar-refractivity contribution in [3.63, 3.8) is 0 Å². The Balaban J connectivity index is 1.91. The predicted octanol–water partition coefficient (Wildman–Crippen LogP) is 3.06. The Labute approximate surface area is 116 Å². The van der Waals surface area contributed by atoms with Gasteiger partial charge in [-0.05, 0) is 45.4 Å². The van der Waals surface area contributed by atoms with Crippen molar-refractivity contribution in [1.29, 1.82) is 0 Å². The lowest BCUT2D eigenvalue weighted by Crippen LogP contribution is -2.50. The van der Waals surface area contributed by atoms with E-state index in [9.17, 15) is 4.79 Å². The number of ether oxygens (including phenoxy) is 2. The van der Waals surface area contributed by atoms with Crippen LogP contribution >= 0.6 is 0 Å². The molecule has 0 radical (unpaired) electrons. The van der Waals surface area contributed by atoms with Gasteiger partial charge < -0.3 is 14.4 Å². The second-order valence-corrected chi connectivity index (χ2v) is 7.11. The molecule has 0 aliphatic carbocycles. The van der Waals surface area contributed by atoms with Gasteiger partial charge in [-0.2, -0.15) is 0 Å². The van der Waals surface area contributed by atoms with Crippen molar-refractivity contribution in [2.75, 3.05) is 19.7 Å². The quantitative estimate of drug-likeness (QED) is 0.678. The van der Waals surface area contributed by atoms with Crippen LogP contribution < -0.4 is 0 Å². The third-order valence-electron chi connectivity index (χ3n) is 4.58. The molecule has 110 valence electrons. The van der Waals surface area contributed by atoms with Crippen molar-refractivity contribution >= 4 is 6.09 Å². The highest BCUT2D eigenvalue weighted by atomic mass is 16.6. The third kappa shape index (κ3) is 3.04. The molecule has 2 heterocycles. The van der Waals surface area contributed by atoms with Crippen LogP contribution in [0.1, 0.15) is 47.5 Å². The molecule has 4 heteroatoms. The van der Waals surface area contributed by atoms with E-state index in [1.54, 1.807) is 0 Å². The molecule has 0 aromatic carbocycles. The number of hydrogen-bond donors (Lipinski definition) is 0. The van der Waals surface area contributed by atoms with Crippen molar-refractivity contribution in [2.45, 2.75) is 58.7 Å². The lowest BCUT2D eigenvalue weighted by Gasteiger charge is -2.41. The summed E-state index contributed by atoms with van der Waals surface area (Å²) in [5.74, 6) is 1.20. The molecule has 2 rings (SSSR count).